The number of aromatic nitrogens is 4. The standard InChI is InChI=1S/C20H18FN5OS/c21-13-6-5-11-22-19(13)26-20(27)16-12-28-18(25-16)10-4-3-9-17-23-14-7-1-2-8-15(14)24-17/h1-2,5-8,11-12H,3-4,9-10H2,(H,23,24)(H,22,26,27). The highest BCUT2D eigenvalue weighted by Gasteiger charge is 2.13. The van der Waals surface area contributed by atoms with E-state index in [-0.39, 0.29) is 11.5 Å². The summed E-state index contributed by atoms with van der Waals surface area (Å²) in [5.74, 6) is -0.134. The van der Waals surface area contributed by atoms with Crippen molar-refractivity contribution in [2.24, 2.45) is 0 Å². The van der Waals surface area contributed by atoms with Crippen molar-refractivity contribution in [2.45, 2.75) is 25.7 Å². The monoisotopic (exact) mass is 395 g/mol. The number of thiazole rings is 1. The van der Waals surface area contributed by atoms with E-state index in [0.717, 1.165) is 47.5 Å². The first kappa shape index (κ1) is 18.2. The van der Waals surface area contributed by atoms with E-state index < -0.39 is 11.7 Å². The van der Waals surface area contributed by atoms with Crippen molar-refractivity contribution in [3.05, 3.63) is 70.3 Å². The molecule has 0 saturated heterocycles. The summed E-state index contributed by atoms with van der Waals surface area (Å²) in [7, 11) is 0. The highest BCUT2D eigenvalue weighted by atomic mass is 32.1. The first-order valence-electron chi connectivity index (χ1n) is 8.99. The smallest absolute Gasteiger partial charge is 0.276 e. The van der Waals surface area contributed by atoms with Crippen LogP contribution in [0.1, 0.15) is 34.2 Å². The number of aryl methyl sites for hydroxylation is 2. The highest BCUT2D eigenvalue weighted by molar-refractivity contribution is 7.09. The second kappa shape index (κ2) is 8.26. The number of rotatable bonds is 7. The van der Waals surface area contributed by atoms with E-state index in [1.54, 1.807) is 5.38 Å². The normalized spacial score (nSPS) is 11.0. The van der Waals surface area contributed by atoms with E-state index in [1.165, 1.54) is 29.7 Å². The van der Waals surface area contributed by atoms with Gasteiger partial charge in [-0.25, -0.2) is 19.3 Å². The predicted octanol–water partition coefficient (Wildman–Crippen LogP) is 4.37. The number of benzene rings is 1. The van der Waals surface area contributed by atoms with Gasteiger partial charge in [-0.15, -0.1) is 11.3 Å². The minimum Gasteiger partial charge on any atom is -0.342 e. The highest BCUT2D eigenvalue weighted by Crippen LogP contribution is 2.17. The second-order valence-electron chi connectivity index (χ2n) is 6.32. The molecular formula is C20H18FN5OS. The fraction of sp³-hybridized carbons (Fsp3) is 0.200. The Balaban J connectivity index is 1.27. The molecule has 0 spiro atoms. The van der Waals surface area contributed by atoms with Crippen molar-refractivity contribution in [2.75, 3.05) is 5.32 Å². The van der Waals surface area contributed by atoms with Gasteiger partial charge < -0.3 is 10.3 Å². The van der Waals surface area contributed by atoms with Gasteiger partial charge in [-0.2, -0.15) is 0 Å². The maximum Gasteiger partial charge on any atom is 0.276 e. The Hall–Kier alpha value is -3.13. The molecule has 0 atom stereocenters. The molecule has 0 aliphatic heterocycles. The molecule has 142 valence electrons. The number of H-pyrrole nitrogens is 1. The Morgan fingerprint density at radius 3 is 2.82 bits per heavy atom. The number of amides is 1. The molecule has 0 aliphatic rings. The molecule has 6 nitrogen and oxygen atoms in total. The zero-order chi connectivity index (χ0) is 19.3. The van der Waals surface area contributed by atoms with Gasteiger partial charge in [0.2, 0.25) is 0 Å². The van der Waals surface area contributed by atoms with Gasteiger partial charge in [-0.05, 0) is 43.5 Å². The molecule has 2 N–H and O–H groups in total. The van der Waals surface area contributed by atoms with Crippen LogP contribution in [-0.4, -0.2) is 25.8 Å². The van der Waals surface area contributed by atoms with E-state index in [2.05, 4.69) is 25.3 Å². The van der Waals surface area contributed by atoms with Crippen LogP contribution in [0.5, 0.6) is 0 Å². The number of hydrogen-bond acceptors (Lipinski definition) is 5. The number of unbranched alkanes of at least 4 members (excludes halogenated alkanes) is 1. The number of nitrogens with zero attached hydrogens (tertiary/aromatic N) is 3. The number of anilines is 1. The SMILES string of the molecule is O=C(Nc1ncccc1F)c1csc(CCCCc2nc3ccccc3[nH]2)n1. The summed E-state index contributed by atoms with van der Waals surface area (Å²) in [4.78, 5) is 28.3. The van der Waals surface area contributed by atoms with Gasteiger partial charge in [-0.1, -0.05) is 12.1 Å². The third-order valence-corrected chi connectivity index (χ3v) is 5.18. The van der Waals surface area contributed by atoms with Crippen LogP contribution in [0.4, 0.5) is 10.2 Å². The lowest BCUT2D eigenvalue weighted by atomic mass is 10.2. The fourth-order valence-corrected chi connectivity index (χ4v) is 3.69. The lowest BCUT2D eigenvalue weighted by Crippen LogP contribution is -2.14. The van der Waals surface area contributed by atoms with Crippen LogP contribution in [0.15, 0.2) is 48.0 Å². The molecule has 4 aromatic rings. The number of pyridine rings is 1. The zero-order valence-electron chi connectivity index (χ0n) is 15.0. The summed E-state index contributed by atoms with van der Waals surface area (Å²) in [6, 6.07) is 10.7. The topological polar surface area (TPSA) is 83.6 Å². The number of imidazole rings is 1. The van der Waals surface area contributed by atoms with Gasteiger partial charge in [0.1, 0.15) is 11.5 Å². The molecule has 0 bridgehead atoms. The molecular weight excluding hydrogens is 377 g/mol. The number of nitrogens with one attached hydrogen (secondary N) is 2. The van der Waals surface area contributed by atoms with Crippen molar-refractivity contribution < 1.29 is 9.18 Å². The van der Waals surface area contributed by atoms with E-state index >= 15 is 0 Å². The largest absolute Gasteiger partial charge is 0.342 e. The Labute approximate surface area is 164 Å². The molecule has 28 heavy (non-hydrogen) atoms. The second-order valence-corrected chi connectivity index (χ2v) is 7.26. The quantitative estimate of drug-likeness (QED) is 0.455. The van der Waals surface area contributed by atoms with Crippen LogP contribution in [0.2, 0.25) is 0 Å². The Bertz CT molecular complexity index is 1070. The van der Waals surface area contributed by atoms with Gasteiger partial charge in [-0.3, -0.25) is 4.79 Å². The molecule has 1 amide bonds. The van der Waals surface area contributed by atoms with E-state index in [9.17, 15) is 9.18 Å². The summed E-state index contributed by atoms with van der Waals surface area (Å²) in [6.07, 6.45) is 5.00. The number of carbonyl (C=O) groups is 1. The summed E-state index contributed by atoms with van der Waals surface area (Å²) in [5, 5.41) is 5.02. The van der Waals surface area contributed by atoms with Gasteiger partial charge in [0, 0.05) is 18.0 Å². The van der Waals surface area contributed by atoms with Crippen LogP contribution < -0.4 is 5.32 Å². The third kappa shape index (κ3) is 4.23. The molecule has 0 fully saturated rings. The van der Waals surface area contributed by atoms with Gasteiger partial charge >= 0.3 is 0 Å². The van der Waals surface area contributed by atoms with E-state index in [0.29, 0.717) is 0 Å². The van der Waals surface area contributed by atoms with Gasteiger partial charge in [0.25, 0.3) is 5.91 Å². The lowest BCUT2D eigenvalue weighted by molar-refractivity contribution is 0.102. The summed E-state index contributed by atoms with van der Waals surface area (Å²) in [5.41, 5.74) is 2.32. The van der Waals surface area contributed by atoms with Crippen LogP contribution in [0.3, 0.4) is 0 Å². The Morgan fingerprint density at radius 2 is 1.96 bits per heavy atom. The van der Waals surface area contributed by atoms with Crippen LogP contribution in [-0.2, 0) is 12.8 Å². The van der Waals surface area contributed by atoms with Crippen molar-refractivity contribution >= 4 is 34.1 Å². The van der Waals surface area contributed by atoms with Crippen molar-refractivity contribution in [1.82, 2.24) is 19.9 Å². The molecule has 3 aromatic heterocycles. The maximum atomic E-state index is 13.6. The van der Waals surface area contributed by atoms with Crippen molar-refractivity contribution in [3.63, 3.8) is 0 Å². The first-order valence-corrected chi connectivity index (χ1v) is 9.87. The molecule has 0 unspecified atom stereocenters. The summed E-state index contributed by atoms with van der Waals surface area (Å²) in [6.45, 7) is 0. The van der Waals surface area contributed by atoms with Crippen LogP contribution in [0.25, 0.3) is 11.0 Å². The molecule has 4 rings (SSSR count). The third-order valence-electron chi connectivity index (χ3n) is 4.27. The molecule has 0 saturated carbocycles. The summed E-state index contributed by atoms with van der Waals surface area (Å²) < 4.78 is 13.6. The Kier molecular flexibility index (Phi) is 5.38. The number of hydrogen-bond donors (Lipinski definition) is 2. The molecule has 0 aliphatic carbocycles. The summed E-state index contributed by atoms with van der Waals surface area (Å²) >= 11 is 1.43. The molecule has 1 aromatic carbocycles. The minimum absolute atomic E-state index is 0.0899. The number of halogens is 1. The number of fused-ring (bicyclic) bond motifs is 1. The molecule has 8 heteroatoms. The Morgan fingerprint density at radius 1 is 1.11 bits per heavy atom. The average molecular weight is 395 g/mol. The lowest BCUT2D eigenvalue weighted by Gasteiger charge is -2.02. The zero-order valence-corrected chi connectivity index (χ0v) is 15.8. The maximum absolute atomic E-state index is 13.6. The van der Waals surface area contributed by atoms with Crippen LogP contribution in [0, 0.1) is 5.82 Å². The number of para-hydroxylation sites is 2. The van der Waals surface area contributed by atoms with Gasteiger partial charge in [0.15, 0.2) is 11.6 Å². The van der Waals surface area contributed by atoms with Gasteiger partial charge in [0.05, 0.1) is 16.0 Å². The van der Waals surface area contributed by atoms with E-state index in [1.807, 2.05) is 24.3 Å². The average Bonchev–Trinajstić information content (AvgIpc) is 3.33. The van der Waals surface area contributed by atoms with Crippen LogP contribution >= 0.6 is 11.3 Å². The van der Waals surface area contributed by atoms with E-state index in [4.69, 9.17) is 0 Å². The first-order chi connectivity index (χ1) is 13.7. The minimum atomic E-state index is -0.572. The molecule has 3 heterocycles. The van der Waals surface area contributed by atoms with Crippen molar-refractivity contribution in [1.29, 1.82) is 0 Å². The number of carbonyl (C=O) groups excluding carboxylic acids is 1. The predicted molar refractivity (Wildman–Crippen MR) is 107 cm³/mol. The van der Waals surface area contributed by atoms with Crippen molar-refractivity contribution in [3.8, 4) is 0 Å². The number of aromatic amines is 1. The molecule has 0 radical (unpaired) electrons. The fourth-order valence-electron chi connectivity index (χ4n) is 2.87.